The van der Waals surface area contributed by atoms with Crippen molar-refractivity contribution in [3.05, 3.63) is 0 Å². The van der Waals surface area contributed by atoms with Gasteiger partial charge in [0.05, 0.1) is 0 Å². The quantitative estimate of drug-likeness (QED) is 0.522. The Morgan fingerprint density at radius 3 is 1.50 bits per heavy atom. The molecule has 0 aromatic rings. The Bertz CT molecular complexity index is 134. The molecule has 0 aromatic heterocycles. The van der Waals surface area contributed by atoms with E-state index < -0.39 is 0 Å². The van der Waals surface area contributed by atoms with Crippen molar-refractivity contribution in [2.75, 3.05) is 0 Å². The topological polar surface area (TPSA) is 0 Å². The van der Waals surface area contributed by atoms with E-state index in [1.54, 1.807) is 0 Å². The molecule has 0 aromatic carbocycles. The first-order valence-corrected chi connectivity index (χ1v) is 4.64. The summed E-state index contributed by atoms with van der Waals surface area (Å²) in [6.07, 6.45) is 0. The molecule has 0 radical (unpaired) electrons. The molecule has 0 heterocycles. The normalized spacial score (nSPS) is 57.9. The van der Waals surface area contributed by atoms with Gasteiger partial charge in [0.15, 0.2) is 0 Å². The zero-order valence-corrected chi connectivity index (χ0v) is 7.46. The summed E-state index contributed by atoms with van der Waals surface area (Å²) >= 11 is 0. The first-order chi connectivity index (χ1) is 4.64. The van der Waals surface area contributed by atoms with Crippen LogP contribution in [0.1, 0.15) is 27.7 Å². The summed E-state index contributed by atoms with van der Waals surface area (Å²) in [4.78, 5) is 0. The highest BCUT2D eigenvalue weighted by Crippen LogP contribution is 2.70. The molecule has 58 valence electrons. The van der Waals surface area contributed by atoms with Crippen LogP contribution in [0.4, 0.5) is 0 Å². The van der Waals surface area contributed by atoms with E-state index in [0.717, 1.165) is 35.5 Å². The molecule has 10 heavy (non-hydrogen) atoms. The van der Waals surface area contributed by atoms with Gasteiger partial charge in [-0.2, -0.15) is 0 Å². The second-order valence-corrected chi connectivity index (χ2v) is 4.69. The zero-order valence-electron chi connectivity index (χ0n) is 7.46. The Balaban J connectivity index is 1.99. The van der Waals surface area contributed by atoms with Gasteiger partial charge in [-0.3, -0.25) is 0 Å². The lowest BCUT2D eigenvalue weighted by Gasteiger charge is -2.28. The van der Waals surface area contributed by atoms with E-state index in [2.05, 4.69) is 27.7 Å². The maximum Gasteiger partial charge on any atom is -0.0318 e. The van der Waals surface area contributed by atoms with Crippen LogP contribution in [0.25, 0.3) is 0 Å². The van der Waals surface area contributed by atoms with Crippen molar-refractivity contribution < 1.29 is 0 Å². The van der Waals surface area contributed by atoms with Gasteiger partial charge in [0.1, 0.15) is 0 Å². The van der Waals surface area contributed by atoms with Gasteiger partial charge in [-0.25, -0.2) is 0 Å². The van der Waals surface area contributed by atoms with Gasteiger partial charge in [-0.05, 0) is 35.5 Å². The predicted molar refractivity (Wildman–Crippen MR) is 43.6 cm³/mol. The van der Waals surface area contributed by atoms with Crippen LogP contribution in [0.2, 0.25) is 0 Å². The average Bonchev–Trinajstić information content (AvgIpc) is 2.57. The average molecular weight is 138 g/mol. The third-order valence-electron chi connectivity index (χ3n) is 4.01. The van der Waals surface area contributed by atoms with E-state index in [0.29, 0.717) is 0 Å². The van der Waals surface area contributed by atoms with Gasteiger partial charge in [-0.15, -0.1) is 0 Å². The van der Waals surface area contributed by atoms with Crippen LogP contribution in [0.15, 0.2) is 0 Å². The maximum absolute atomic E-state index is 2.42. The van der Waals surface area contributed by atoms with Gasteiger partial charge >= 0.3 is 0 Å². The summed E-state index contributed by atoms with van der Waals surface area (Å²) < 4.78 is 0. The van der Waals surface area contributed by atoms with Crippen molar-refractivity contribution in [2.45, 2.75) is 27.7 Å². The van der Waals surface area contributed by atoms with Gasteiger partial charge in [-0.1, -0.05) is 27.7 Å². The molecule has 0 saturated heterocycles. The van der Waals surface area contributed by atoms with Crippen molar-refractivity contribution in [2.24, 2.45) is 35.5 Å². The molecule has 4 atom stereocenters. The maximum atomic E-state index is 2.42. The molecular formula is C10H18. The van der Waals surface area contributed by atoms with Crippen molar-refractivity contribution in [3.8, 4) is 0 Å². The highest BCUT2D eigenvalue weighted by molar-refractivity contribution is 5.13. The molecule has 2 aliphatic carbocycles. The number of hydrogen-bond donors (Lipinski definition) is 0. The summed E-state index contributed by atoms with van der Waals surface area (Å²) in [6, 6.07) is 0. The van der Waals surface area contributed by atoms with Crippen LogP contribution in [0.3, 0.4) is 0 Å². The van der Waals surface area contributed by atoms with Crippen LogP contribution in [0.5, 0.6) is 0 Å². The minimum absolute atomic E-state index is 0.947. The van der Waals surface area contributed by atoms with E-state index in [4.69, 9.17) is 0 Å². The van der Waals surface area contributed by atoms with Gasteiger partial charge in [0, 0.05) is 0 Å². The zero-order chi connectivity index (χ0) is 7.46. The minimum atomic E-state index is 0.947. The predicted octanol–water partition coefficient (Wildman–Crippen LogP) is 2.79. The Morgan fingerprint density at radius 2 is 1.30 bits per heavy atom. The summed E-state index contributed by atoms with van der Waals surface area (Å²) in [6.45, 7) is 9.60. The van der Waals surface area contributed by atoms with E-state index in [9.17, 15) is 0 Å². The first-order valence-electron chi connectivity index (χ1n) is 4.64. The lowest BCUT2D eigenvalue weighted by molar-refractivity contribution is 0.195. The Labute approximate surface area is 64.0 Å². The Kier molecular flexibility index (Phi) is 1.19. The standard InChI is InChI=1S/C10H18/c1-5(2)8-9-6(3)7(4)10(8)9/h5-10H,1-4H3. The number of rotatable bonds is 1. The molecule has 2 fully saturated rings. The van der Waals surface area contributed by atoms with Crippen molar-refractivity contribution in [3.63, 3.8) is 0 Å². The largest absolute Gasteiger partial charge is 0.0625 e. The molecule has 0 N–H and O–H groups in total. The number of hydrogen-bond acceptors (Lipinski definition) is 0. The highest BCUT2D eigenvalue weighted by Gasteiger charge is 2.65. The Morgan fingerprint density at radius 1 is 0.900 bits per heavy atom. The van der Waals surface area contributed by atoms with Crippen molar-refractivity contribution in [1.82, 2.24) is 0 Å². The summed E-state index contributed by atoms with van der Waals surface area (Å²) in [5.74, 6) is 6.40. The first kappa shape index (κ1) is 6.69. The minimum Gasteiger partial charge on any atom is -0.0625 e. The summed E-state index contributed by atoms with van der Waals surface area (Å²) in [5, 5.41) is 0. The van der Waals surface area contributed by atoms with Crippen LogP contribution < -0.4 is 0 Å². The fourth-order valence-electron chi connectivity index (χ4n) is 3.23. The Hall–Kier alpha value is 0. The second kappa shape index (κ2) is 1.78. The van der Waals surface area contributed by atoms with E-state index in [1.807, 2.05) is 0 Å². The van der Waals surface area contributed by atoms with Gasteiger partial charge in [0.25, 0.3) is 0 Å². The second-order valence-electron chi connectivity index (χ2n) is 4.69. The fraction of sp³-hybridized carbons (Fsp3) is 1.00. The highest BCUT2D eigenvalue weighted by atomic mass is 14.7. The van der Waals surface area contributed by atoms with Crippen LogP contribution >= 0.6 is 0 Å². The molecule has 2 aliphatic rings. The molecule has 0 amide bonds. The van der Waals surface area contributed by atoms with E-state index in [-0.39, 0.29) is 0 Å². The van der Waals surface area contributed by atoms with Crippen molar-refractivity contribution >= 4 is 0 Å². The third-order valence-corrected chi connectivity index (χ3v) is 4.01. The molecule has 0 bridgehead atoms. The number of fused-ring (bicyclic) bond motifs is 1. The van der Waals surface area contributed by atoms with Crippen LogP contribution in [-0.4, -0.2) is 0 Å². The van der Waals surface area contributed by atoms with Gasteiger partial charge in [0.2, 0.25) is 0 Å². The summed E-state index contributed by atoms with van der Waals surface area (Å²) in [7, 11) is 0. The monoisotopic (exact) mass is 138 g/mol. The molecule has 0 nitrogen and oxygen atoms in total. The summed E-state index contributed by atoms with van der Waals surface area (Å²) in [5.41, 5.74) is 0. The van der Waals surface area contributed by atoms with Crippen LogP contribution in [0, 0.1) is 35.5 Å². The molecule has 0 heteroatoms. The molecule has 4 unspecified atom stereocenters. The van der Waals surface area contributed by atoms with Gasteiger partial charge < -0.3 is 0 Å². The van der Waals surface area contributed by atoms with E-state index >= 15 is 0 Å². The van der Waals surface area contributed by atoms with E-state index in [1.165, 1.54) is 0 Å². The van der Waals surface area contributed by atoms with Crippen LogP contribution in [-0.2, 0) is 0 Å². The molecular weight excluding hydrogens is 120 g/mol. The SMILES string of the molecule is CC(C)C1C2C(C)C(C)C12. The molecule has 0 spiro atoms. The molecule has 2 saturated carbocycles. The van der Waals surface area contributed by atoms with Crippen molar-refractivity contribution in [1.29, 1.82) is 0 Å². The third kappa shape index (κ3) is 0.580. The lowest BCUT2D eigenvalue weighted by Crippen LogP contribution is -2.23. The molecule has 0 aliphatic heterocycles. The molecule has 2 rings (SSSR count). The smallest absolute Gasteiger partial charge is 0.0318 e. The fourth-order valence-corrected chi connectivity index (χ4v) is 3.23. The lowest BCUT2D eigenvalue weighted by atomic mass is 9.77.